The third-order valence-electron chi connectivity index (χ3n) is 7.46. The summed E-state index contributed by atoms with van der Waals surface area (Å²) in [4.78, 5) is 0. The molecule has 0 saturated heterocycles. The van der Waals surface area contributed by atoms with Gasteiger partial charge in [0.1, 0.15) is 0 Å². The van der Waals surface area contributed by atoms with Crippen LogP contribution in [-0.2, 0) is 0 Å². The SMILES string of the molecule is Cc1ccc(C2CCC(CC3CCC(c4cc[c-]c(F)c4F)CC3)CC2)c(F)c1F.[Rb+]. The van der Waals surface area contributed by atoms with Gasteiger partial charge in [-0.05, 0) is 99.5 Å². The van der Waals surface area contributed by atoms with Crippen molar-refractivity contribution < 1.29 is 75.7 Å². The average Bonchev–Trinajstić information content (AvgIpc) is 2.76. The number of benzene rings is 2. The second kappa shape index (κ2) is 11.4. The average molecular weight is 503 g/mol. The molecular formula is C26H29F4Rb. The molecule has 0 amide bonds. The summed E-state index contributed by atoms with van der Waals surface area (Å²) >= 11 is 0. The number of rotatable bonds is 4. The van der Waals surface area contributed by atoms with E-state index >= 15 is 0 Å². The number of hydrogen-bond donors (Lipinski definition) is 0. The van der Waals surface area contributed by atoms with Crippen LogP contribution in [-0.4, -0.2) is 0 Å². The first-order valence-corrected chi connectivity index (χ1v) is 11.2. The molecular weight excluding hydrogens is 474 g/mol. The first kappa shape index (κ1) is 25.6. The van der Waals surface area contributed by atoms with Crippen LogP contribution in [0.15, 0.2) is 24.3 Å². The van der Waals surface area contributed by atoms with E-state index in [9.17, 15) is 17.6 Å². The Labute approximate surface area is 232 Å². The third kappa shape index (κ3) is 5.91. The molecule has 0 nitrogen and oxygen atoms in total. The fourth-order valence-electron chi connectivity index (χ4n) is 5.65. The smallest absolute Gasteiger partial charge is 0.281 e. The van der Waals surface area contributed by atoms with Crippen LogP contribution in [0.3, 0.4) is 0 Å². The van der Waals surface area contributed by atoms with Gasteiger partial charge in [0.25, 0.3) is 0 Å². The van der Waals surface area contributed by atoms with Crippen molar-refractivity contribution in [2.24, 2.45) is 11.8 Å². The van der Waals surface area contributed by atoms with E-state index in [0.717, 1.165) is 57.8 Å². The minimum absolute atomic E-state index is 0. The molecule has 0 radical (unpaired) electrons. The zero-order valence-electron chi connectivity index (χ0n) is 18.5. The van der Waals surface area contributed by atoms with Crippen LogP contribution < -0.4 is 58.2 Å². The molecule has 0 N–H and O–H groups in total. The molecule has 162 valence electrons. The normalized spacial score (nSPS) is 26.4. The summed E-state index contributed by atoms with van der Waals surface area (Å²) in [5, 5.41) is 0. The maximum atomic E-state index is 14.3. The van der Waals surface area contributed by atoms with Crippen molar-refractivity contribution in [3.8, 4) is 0 Å². The molecule has 2 aliphatic rings. The fourth-order valence-corrected chi connectivity index (χ4v) is 5.65. The summed E-state index contributed by atoms with van der Waals surface area (Å²) in [5.41, 5.74) is 1.39. The molecule has 0 bridgehead atoms. The quantitative estimate of drug-likeness (QED) is 0.408. The van der Waals surface area contributed by atoms with Gasteiger partial charge < -0.3 is 0 Å². The van der Waals surface area contributed by atoms with Crippen molar-refractivity contribution >= 4 is 0 Å². The predicted octanol–water partition coefficient (Wildman–Crippen LogP) is 4.99. The first-order valence-electron chi connectivity index (χ1n) is 11.2. The summed E-state index contributed by atoms with van der Waals surface area (Å²) < 4.78 is 55.7. The van der Waals surface area contributed by atoms with E-state index in [1.807, 2.05) is 0 Å². The molecule has 5 heteroatoms. The van der Waals surface area contributed by atoms with Gasteiger partial charge in [-0.15, -0.1) is 11.6 Å². The monoisotopic (exact) mass is 502 g/mol. The maximum Gasteiger partial charge on any atom is 1.00 e. The molecule has 2 saturated carbocycles. The molecule has 0 spiro atoms. The van der Waals surface area contributed by atoms with Gasteiger partial charge in [-0.3, -0.25) is 4.39 Å². The minimum Gasteiger partial charge on any atom is -0.281 e. The van der Waals surface area contributed by atoms with Crippen LogP contribution in [0.2, 0.25) is 0 Å². The molecule has 0 atom stereocenters. The van der Waals surface area contributed by atoms with Crippen molar-refractivity contribution in [2.45, 2.75) is 76.5 Å². The molecule has 4 rings (SSSR count). The topological polar surface area (TPSA) is 0 Å². The molecule has 2 fully saturated rings. The van der Waals surface area contributed by atoms with Gasteiger partial charge in [-0.1, -0.05) is 12.1 Å². The summed E-state index contributed by atoms with van der Waals surface area (Å²) in [7, 11) is 0. The minimum atomic E-state index is -0.878. The molecule has 0 aromatic heterocycles. The number of hydrogen-bond acceptors (Lipinski definition) is 0. The standard InChI is InChI=1S/C26H29F4.Rb/c1-16-5-14-22(26(30)24(16)28)20-12-8-18(9-13-20)15-17-6-10-19(11-7-17)21-3-2-4-23(27)25(21)29;/h2-3,5,14,17-20H,6-13,15H2,1H3;/q-1;+1. The van der Waals surface area contributed by atoms with Gasteiger partial charge in [-0.2, -0.15) is 12.1 Å². The van der Waals surface area contributed by atoms with E-state index in [-0.39, 0.29) is 70.0 Å². The number of aryl methyl sites for hydroxylation is 1. The Kier molecular flexibility index (Phi) is 9.41. The molecule has 31 heavy (non-hydrogen) atoms. The van der Waals surface area contributed by atoms with E-state index < -0.39 is 23.3 Å². The summed E-state index contributed by atoms with van der Waals surface area (Å²) in [6, 6.07) is 8.85. The van der Waals surface area contributed by atoms with Gasteiger partial charge >= 0.3 is 58.2 Å². The van der Waals surface area contributed by atoms with Gasteiger partial charge in [0.05, 0.1) is 0 Å². The molecule has 0 heterocycles. The molecule has 2 aromatic carbocycles. The third-order valence-corrected chi connectivity index (χ3v) is 7.46. The first-order chi connectivity index (χ1) is 14.4. The van der Waals surface area contributed by atoms with Crippen molar-refractivity contribution in [3.63, 3.8) is 0 Å². The Balaban J connectivity index is 0.00000272. The zero-order chi connectivity index (χ0) is 21.3. The van der Waals surface area contributed by atoms with Crippen LogP contribution in [0, 0.1) is 48.1 Å². The Morgan fingerprint density at radius 3 is 1.77 bits per heavy atom. The molecule has 2 aromatic rings. The van der Waals surface area contributed by atoms with E-state index in [1.54, 1.807) is 25.1 Å². The largest absolute Gasteiger partial charge is 1.00 e. The second-order valence-corrected chi connectivity index (χ2v) is 9.33. The van der Waals surface area contributed by atoms with Gasteiger partial charge in [0.2, 0.25) is 0 Å². The summed E-state index contributed by atoms with van der Waals surface area (Å²) in [6.45, 7) is 1.59. The van der Waals surface area contributed by atoms with Crippen LogP contribution in [0.25, 0.3) is 0 Å². The maximum absolute atomic E-state index is 14.3. The Bertz CT molecular complexity index is 881. The summed E-state index contributed by atoms with van der Waals surface area (Å²) in [6.07, 6.45) is 8.95. The van der Waals surface area contributed by atoms with Crippen molar-refractivity contribution in [3.05, 3.63) is 70.3 Å². The number of halogens is 4. The van der Waals surface area contributed by atoms with Gasteiger partial charge in [0, 0.05) is 11.6 Å². The van der Waals surface area contributed by atoms with E-state index in [2.05, 4.69) is 6.07 Å². The van der Waals surface area contributed by atoms with E-state index in [0.29, 0.717) is 28.5 Å². The van der Waals surface area contributed by atoms with Crippen molar-refractivity contribution in [1.29, 1.82) is 0 Å². The van der Waals surface area contributed by atoms with Crippen molar-refractivity contribution in [1.82, 2.24) is 0 Å². The van der Waals surface area contributed by atoms with Crippen LogP contribution >= 0.6 is 0 Å². The molecule has 0 unspecified atom stereocenters. The Morgan fingerprint density at radius 2 is 1.23 bits per heavy atom. The van der Waals surface area contributed by atoms with Gasteiger partial charge in [-0.25, -0.2) is 13.2 Å². The van der Waals surface area contributed by atoms with Gasteiger partial charge in [0.15, 0.2) is 11.6 Å². The second-order valence-electron chi connectivity index (χ2n) is 9.33. The fraction of sp³-hybridized carbons (Fsp3) is 0.538. The van der Waals surface area contributed by atoms with Crippen LogP contribution in [0.4, 0.5) is 17.6 Å². The van der Waals surface area contributed by atoms with Crippen molar-refractivity contribution in [2.75, 3.05) is 0 Å². The Morgan fingerprint density at radius 1 is 0.710 bits per heavy atom. The Hall–Kier alpha value is -0.0348. The predicted molar refractivity (Wildman–Crippen MR) is 110 cm³/mol. The van der Waals surface area contributed by atoms with E-state index in [1.165, 1.54) is 6.07 Å². The van der Waals surface area contributed by atoms with Crippen LogP contribution in [0.5, 0.6) is 0 Å². The molecule has 0 aliphatic heterocycles. The van der Waals surface area contributed by atoms with E-state index in [4.69, 9.17) is 0 Å². The summed E-state index contributed by atoms with van der Waals surface area (Å²) in [5.74, 6) is -1.53. The molecule has 2 aliphatic carbocycles. The van der Waals surface area contributed by atoms with Crippen LogP contribution in [0.1, 0.15) is 86.3 Å². The zero-order valence-corrected chi connectivity index (χ0v) is 23.4.